The lowest BCUT2D eigenvalue weighted by Crippen LogP contribution is -2.38. The van der Waals surface area contributed by atoms with Crippen molar-refractivity contribution in [3.63, 3.8) is 0 Å². The van der Waals surface area contributed by atoms with Crippen molar-refractivity contribution in [2.45, 2.75) is 32.7 Å². The maximum absolute atomic E-state index is 11.3. The van der Waals surface area contributed by atoms with Crippen LogP contribution in [0.15, 0.2) is 0 Å². The fourth-order valence-electron chi connectivity index (χ4n) is 1.27. The summed E-state index contributed by atoms with van der Waals surface area (Å²) >= 11 is 0. The number of hydrogen-bond donors (Lipinski definition) is 2. The molecule has 0 radical (unpaired) electrons. The first-order valence-corrected chi connectivity index (χ1v) is 4.60. The fraction of sp³-hybridized carbons (Fsp3) is 0.889. The van der Waals surface area contributed by atoms with Crippen molar-refractivity contribution in [2.24, 2.45) is 11.8 Å². The van der Waals surface area contributed by atoms with Gasteiger partial charge >= 0.3 is 0 Å². The summed E-state index contributed by atoms with van der Waals surface area (Å²) in [6, 6.07) is -0.0506. The smallest absolute Gasteiger partial charge is 0.223 e. The molecule has 2 N–H and O–H groups in total. The summed E-state index contributed by atoms with van der Waals surface area (Å²) in [4.78, 5) is 11.3. The average Bonchev–Trinajstić information content (AvgIpc) is 2.78. The first-order chi connectivity index (χ1) is 5.69. The molecular formula is C9H17NO2. The van der Waals surface area contributed by atoms with E-state index in [0.29, 0.717) is 5.92 Å². The van der Waals surface area contributed by atoms with Crippen molar-refractivity contribution >= 4 is 5.91 Å². The summed E-state index contributed by atoms with van der Waals surface area (Å²) in [5.41, 5.74) is 0. The van der Waals surface area contributed by atoms with Crippen LogP contribution in [0.5, 0.6) is 0 Å². The molecule has 3 nitrogen and oxygen atoms in total. The number of amides is 1. The van der Waals surface area contributed by atoms with E-state index in [1.54, 1.807) is 0 Å². The molecule has 12 heavy (non-hydrogen) atoms. The number of aliphatic hydroxyl groups is 1. The minimum absolute atomic E-state index is 0.0450. The minimum atomic E-state index is -0.0506. The van der Waals surface area contributed by atoms with Gasteiger partial charge < -0.3 is 10.4 Å². The predicted molar refractivity (Wildman–Crippen MR) is 46.6 cm³/mol. The van der Waals surface area contributed by atoms with Gasteiger partial charge in [-0.1, -0.05) is 13.8 Å². The Labute approximate surface area is 73.2 Å². The summed E-state index contributed by atoms with van der Waals surface area (Å²) in [6.07, 6.45) is 1.80. The fourth-order valence-corrected chi connectivity index (χ4v) is 1.27. The second kappa shape index (κ2) is 3.90. The molecule has 0 heterocycles. The van der Waals surface area contributed by atoms with E-state index >= 15 is 0 Å². The second-order valence-electron chi connectivity index (χ2n) is 3.62. The number of aliphatic hydroxyl groups excluding tert-OH is 1. The van der Waals surface area contributed by atoms with E-state index in [-0.39, 0.29) is 24.5 Å². The van der Waals surface area contributed by atoms with E-state index in [1.807, 2.05) is 6.92 Å². The van der Waals surface area contributed by atoms with Crippen molar-refractivity contribution in [1.82, 2.24) is 5.32 Å². The van der Waals surface area contributed by atoms with Gasteiger partial charge in [-0.3, -0.25) is 4.79 Å². The lowest BCUT2D eigenvalue weighted by molar-refractivity contribution is -0.123. The molecule has 0 aromatic carbocycles. The summed E-state index contributed by atoms with van der Waals surface area (Å²) in [6.45, 7) is 4.07. The van der Waals surface area contributed by atoms with Gasteiger partial charge in [0, 0.05) is 5.92 Å². The van der Waals surface area contributed by atoms with Gasteiger partial charge in [0.05, 0.1) is 12.6 Å². The Balaban J connectivity index is 2.25. The average molecular weight is 171 g/mol. The molecule has 1 rings (SSSR count). The van der Waals surface area contributed by atoms with Crippen molar-refractivity contribution < 1.29 is 9.90 Å². The standard InChI is InChI=1S/C9H17NO2/c1-3-7(5-11)10-9(12)8-4-6(8)2/h6-8,11H,3-5H2,1-2H3,(H,10,12)/t6?,7-,8?/m1/s1. The molecule has 0 aromatic heterocycles. The molecule has 3 heteroatoms. The van der Waals surface area contributed by atoms with Crippen molar-refractivity contribution in [2.75, 3.05) is 6.61 Å². The maximum atomic E-state index is 11.3. The van der Waals surface area contributed by atoms with Gasteiger partial charge in [0.15, 0.2) is 0 Å². The zero-order valence-electron chi connectivity index (χ0n) is 7.71. The van der Waals surface area contributed by atoms with Crippen molar-refractivity contribution in [3.8, 4) is 0 Å². The lowest BCUT2D eigenvalue weighted by Gasteiger charge is -2.13. The van der Waals surface area contributed by atoms with Crippen LogP contribution >= 0.6 is 0 Å². The van der Waals surface area contributed by atoms with Gasteiger partial charge in [0.1, 0.15) is 0 Å². The quantitative estimate of drug-likeness (QED) is 0.648. The number of hydrogen-bond acceptors (Lipinski definition) is 2. The third-order valence-electron chi connectivity index (χ3n) is 2.51. The first kappa shape index (κ1) is 9.52. The predicted octanol–water partition coefficient (Wildman–Crippen LogP) is 0.529. The van der Waals surface area contributed by atoms with E-state index in [9.17, 15) is 4.79 Å². The van der Waals surface area contributed by atoms with Gasteiger partial charge in [-0.2, -0.15) is 0 Å². The summed E-state index contributed by atoms with van der Waals surface area (Å²) in [7, 11) is 0. The summed E-state index contributed by atoms with van der Waals surface area (Å²) in [5, 5.41) is 11.6. The molecule has 0 aliphatic heterocycles. The summed E-state index contributed by atoms with van der Waals surface area (Å²) < 4.78 is 0. The Morgan fingerprint density at radius 3 is 2.67 bits per heavy atom. The molecule has 1 saturated carbocycles. The Kier molecular flexibility index (Phi) is 3.09. The second-order valence-corrected chi connectivity index (χ2v) is 3.62. The highest BCUT2D eigenvalue weighted by molar-refractivity contribution is 5.81. The van der Waals surface area contributed by atoms with E-state index in [0.717, 1.165) is 12.8 Å². The lowest BCUT2D eigenvalue weighted by atomic mass is 10.2. The highest BCUT2D eigenvalue weighted by Crippen LogP contribution is 2.37. The number of carbonyl (C=O) groups is 1. The highest BCUT2D eigenvalue weighted by atomic mass is 16.3. The first-order valence-electron chi connectivity index (χ1n) is 4.60. The summed E-state index contributed by atoms with van der Waals surface area (Å²) in [5.74, 6) is 0.871. The Morgan fingerprint density at radius 2 is 2.33 bits per heavy atom. The van der Waals surface area contributed by atoms with Gasteiger partial charge in [-0.05, 0) is 18.8 Å². The zero-order valence-corrected chi connectivity index (χ0v) is 7.71. The highest BCUT2D eigenvalue weighted by Gasteiger charge is 2.39. The molecule has 0 spiro atoms. The van der Waals surface area contributed by atoms with Gasteiger partial charge in [0.25, 0.3) is 0 Å². The van der Waals surface area contributed by atoms with E-state index in [2.05, 4.69) is 12.2 Å². The molecule has 1 aliphatic rings. The van der Waals surface area contributed by atoms with Crippen LogP contribution < -0.4 is 5.32 Å². The molecule has 1 amide bonds. The normalized spacial score (nSPS) is 29.6. The van der Waals surface area contributed by atoms with E-state index < -0.39 is 0 Å². The Morgan fingerprint density at radius 1 is 1.75 bits per heavy atom. The van der Waals surface area contributed by atoms with E-state index in [1.165, 1.54) is 0 Å². The van der Waals surface area contributed by atoms with Crippen molar-refractivity contribution in [3.05, 3.63) is 0 Å². The van der Waals surface area contributed by atoms with Crippen LogP contribution in [-0.2, 0) is 4.79 Å². The third kappa shape index (κ3) is 2.21. The SMILES string of the molecule is CC[C@H](CO)NC(=O)C1CC1C. The van der Waals surface area contributed by atoms with Crippen molar-refractivity contribution in [1.29, 1.82) is 0 Å². The minimum Gasteiger partial charge on any atom is -0.394 e. The van der Waals surface area contributed by atoms with Crippen LogP contribution in [0.3, 0.4) is 0 Å². The number of nitrogens with one attached hydrogen (secondary N) is 1. The molecular weight excluding hydrogens is 154 g/mol. The van der Waals surface area contributed by atoms with E-state index in [4.69, 9.17) is 5.11 Å². The molecule has 3 atom stereocenters. The molecule has 70 valence electrons. The topological polar surface area (TPSA) is 49.3 Å². The molecule has 2 unspecified atom stereocenters. The maximum Gasteiger partial charge on any atom is 0.223 e. The van der Waals surface area contributed by atoms with Crippen LogP contribution in [0.25, 0.3) is 0 Å². The zero-order chi connectivity index (χ0) is 9.14. The Bertz CT molecular complexity index is 166. The van der Waals surface area contributed by atoms with Crippen LogP contribution in [0.1, 0.15) is 26.7 Å². The van der Waals surface area contributed by atoms with Crippen LogP contribution in [0.4, 0.5) is 0 Å². The number of carbonyl (C=O) groups excluding carboxylic acids is 1. The molecule has 1 aliphatic carbocycles. The van der Waals surface area contributed by atoms with Gasteiger partial charge in [-0.15, -0.1) is 0 Å². The largest absolute Gasteiger partial charge is 0.394 e. The molecule has 1 fully saturated rings. The Hall–Kier alpha value is -0.570. The molecule has 0 saturated heterocycles. The van der Waals surface area contributed by atoms with Crippen LogP contribution in [0, 0.1) is 11.8 Å². The monoisotopic (exact) mass is 171 g/mol. The van der Waals surface area contributed by atoms with Gasteiger partial charge in [0.2, 0.25) is 5.91 Å². The molecule has 0 aromatic rings. The number of rotatable bonds is 4. The molecule has 0 bridgehead atoms. The van der Waals surface area contributed by atoms with Crippen LogP contribution in [0.2, 0.25) is 0 Å². The van der Waals surface area contributed by atoms with Crippen LogP contribution in [-0.4, -0.2) is 23.7 Å². The van der Waals surface area contributed by atoms with Gasteiger partial charge in [-0.25, -0.2) is 0 Å². The third-order valence-corrected chi connectivity index (χ3v) is 2.51.